The molecule has 2 aliphatic heterocycles. The lowest BCUT2D eigenvalue weighted by atomic mass is 10.1. The van der Waals surface area contributed by atoms with Gasteiger partial charge in [-0.15, -0.1) is 0 Å². The van der Waals surface area contributed by atoms with E-state index in [1.807, 2.05) is 0 Å². The zero-order valence-electron chi connectivity index (χ0n) is 27.9. The van der Waals surface area contributed by atoms with Crippen molar-refractivity contribution in [2.75, 3.05) is 27.4 Å². The number of methoxy groups -OCH3 is 2. The topological polar surface area (TPSA) is 187 Å². The van der Waals surface area contributed by atoms with Crippen LogP contribution in [-0.4, -0.2) is 82.6 Å². The van der Waals surface area contributed by atoms with Crippen LogP contribution < -0.4 is 13.7 Å². The van der Waals surface area contributed by atoms with Gasteiger partial charge in [0, 0.05) is 37.8 Å². The average molecular weight is 749 g/mol. The van der Waals surface area contributed by atoms with Crippen molar-refractivity contribution in [3.8, 4) is 23.0 Å². The molecule has 2 aliphatic rings. The van der Waals surface area contributed by atoms with E-state index in [0.29, 0.717) is 25.4 Å². The molecule has 2 saturated heterocycles. The van der Waals surface area contributed by atoms with Crippen molar-refractivity contribution in [1.82, 2.24) is 0 Å². The summed E-state index contributed by atoms with van der Waals surface area (Å²) >= 11 is 0. The lowest BCUT2D eigenvalue weighted by molar-refractivity contribution is -0.141. The number of hydrogen-bond acceptors (Lipinski definition) is 14. The average Bonchev–Trinajstić information content (AvgIpc) is 3.10. The van der Waals surface area contributed by atoms with Crippen LogP contribution in [0.15, 0.2) is 36.4 Å². The van der Waals surface area contributed by atoms with Gasteiger partial charge < -0.3 is 37.7 Å². The molecule has 14 nitrogen and oxygen atoms in total. The smallest absolute Gasteiger partial charge is 0.507 e. The van der Waals surface area contributed by atoms with E-state index in [4.69, 9.17) is 18.9 Å². The summed E-state index contributed by atoms with van der Waals surface area (Å²) in [4.78, 5) is 46.5. The second kappa shape index (κ2) is 19.3. The number of rotatable bonds is 14. The summed E-state index contributed by atoms with van der Waals surface area (Å²) < 4.78 is 95.9. The predicted octanol–water partition coefficient (Wildman–Crippen LogP) is 5.39. The van der Waals surface area contributed by atoms with Gasteiger partial charge in [0.15, 0.2) is 29.9 Å². The largest absolute Gasteiger partial charge is 0.534 e. The lowest BCUT2D eigenvalue weighted by Gasteiger charge is -2.24. The highest BCUT2D eigenvalue weighted by molar-refractivity contribution is 7.88. The molecule has 0 spiro atoms. The third kappa shape index (κ3) is 13.0. The van der Waals surface area contributed by atoms with E-state index in [0.717, 1.165) is 51.3 Å². The second-order valence-corrected chi connectivity index (χ2v) is 12.7. The van der Waals surface area contributed by atoms with Crippen LogP contribution in [0.5, 0.6) is 23.0 Å². The Kier molecular flexibility index (Phi) is 15.5. The van der Waals surface area contributed by atoms with Crippen molar-refractivity contribution in [2.24, 2.45) is 0 Å². The molecule has 2 atom stereocenters. The number of hydrogen-bond donors (Lipinski definition) is 1. The Morgan fingerprint density at radius 3 is 1.65 bits per heavy atom. The van der Waals surface area contributed by atoms with Gasteiger partial charge in [0.05, 0.1) is 51.4 Å². The Hall–Kier alpha value is -4.42. The summed E-state index contributed by atoms with van der Waals surface area (Å²) in [5.74, 6) is -2.89. The van der Waals surface area contributed by atoms with Gasteiger partial charge in [-0.2, -0.15) is 21.6 Å². The van der Waals surface area contributed by atoms with Crippen molar-refractivity contribution < 1.29 is 78.5 Å². The summed E-state index contributed by atoms with van der Waals surface area (Å²) in [6, 6.07) is 7.71. The molecule has 4 rings (SSSR count). The number of aromatic hydroxyl groups is 1. The quantitative estimate of drug-likeness (QED) is 0.112. The zero-order valence-corrected chi connectivity index (χ0v) is 28.7. The number of esters is 2. The highest BCUT2D eigenvalue weighted by atomic mass is 32.2. The Labute approximate surface area is 292 Å². The van der Waals surface area contributed by atoms with Crippen molar-refractivity contribution in [1.29, 1.82) is 0 Å². The number of carbonyl (C=O) groups excluding carboxylic acids is 4. The first-order chi connectivity index (χ1) is 24.1. The van der Waals surface area contributed by atoms with Gasteiger partial charge in [-0.25, -0.2) is 0 Å². The molecule has 0 saturated carbocycles. The minimum Gasteiger partial charge on any atom is -0.507 e. The number of Topliss-reactive ketones (excluding diaryl/α,β-unsaturated/α-hetero) is 2. The van der Waals surface area contributed by atoms with Crippen LogP contribution in [0, 0.1) is 0 Å². The fourth-order valence-electron chi connectivity index (χ4n) is 4.68. The standard InChI is InChI=1S/C17H19F3O8S.C16H20O6/c1-25-15(22)8-7-13(21)12-6-5-11(27-16-4-2-3-9-26-16)10-14(12)28-29(23,24)17(18,19)20;1-20-15(19)8-7-13(17)12-6-5-11(10-14(12)18)22-16-4-2-3-9-21-16/h5-6,10,16H,2-4,7-9H2,1H3;5-6,10,16,18H,2-4,7-9H2,1H3. The predicted molar refractivity (Wildman–Crippen MR) is 170 cm³/mol. The van der Waals surface area contributed by atoms with E-state index < -0.39 is 57.4 Å². The molecule has 2 aromatic carbocycles. The van der Waals surface area contributed by atoms with Gasteiger partial charge >= 0.3 is 27.6 Å². The normalized spacial score (nSPS) is 17.6. The Bertz CT molecular complexity index is 1610. The third-order valence-electron chi connectivity index (χ3n) is 7.38. The van der Waals surface area contributed by atoms with Gasteiger partial charge in [-0.05, 0) is 49.9 Å². The number of carbonyl (C=O) groups is 4. The molecule has 2 fully saturated rings. The van der Waals surface area contributed by atoms with E-state index in [1.54, 1.807) is 6.07 Å². The molecule has 2 aromatic rings. The summed E-state index contributed by atoms with van der Waals surface area (Å²) in [6.45, 7) is 1.11. The fourth-order valence-corrected chi connectivity index (χ4v) is 5.15. The number of halogens is 3. The molecule has 0 amide bonds. The molecule has 0 radical (unpaired) electrons. The van der Waals surface area contributed by atoms with Crippen molar-refractivity contribution in [3.05, 3.63) is 47.5 Å². The summed E-state index contributed by atoms with van der Waals surface area (Å²) in [5, 5.41) is 9.96. The van der Waals surface area contributed by atoms with Crippen molar-refractivity contribution in [2.45, 2.75) is 82.3 Å². The van der Waals surface area contributed by atoms with E-state index in [9.17, 15) is 45.9 Å². The second-order valence-electron chi connectivity index (χ2n) is 11.1. The van der Waals surface area contributed by atoms with Crippen LogP contribution in [0.2, 0.25) is 0 Å². The van der Waals surface area contributed by atoms with Gasteiger partial charge in [-0.3, -0.25) is 19.2 Å². The van der Waals surface area contributed by atoms with Crippen LogP contribution in [0.3, 0.4) is 0 Å². The number of phenols is 1. The summed E-state index contributed by atoms with van der Waals surface area (Å²) in [5.41, 5.74) is -5.97. The molecule has 18 heteroatoms. The number of ether oxygens (including phenoxy) is 6. The van der Waals surface area contributed by atoms with Gasteiger partial charge in [0.1, 0.15) is 17.2 Å². The molecule has 0 aromatic heterocycles. The molecular weight excluding hydrogens is 709 g/mol. The molecule has 2 unspecified atom stereocenters. The van der Waals surface area contributed by atoms with Crippen LogP contribution in [0.4, 0.5) is 13.2 Å². The maximum absolute atomic E-state index is 12.7. The van der Waals surface area contributed by atoms with E-state index in [2.05, 4.69) is 13.7 Å². The molecule has 2 heterocycles. The van der Waals surface area contributed by atoms with E-state index in [-0.39, 0.29) is 48.4 Å². The third-order valence-corrected chi connectivity index (χ3v) is 8.35. The highest BCUT2D eigenvalue weighted by Crippen LogP contribution is 2.33. The Morgan fingerprint density at radius 2 is 1.22 bits per heavy atom. The van der Waals surface area contributed by atoms with Gasteiger partial charge in [-0.1, -0.05) is 0 Å². The molecule has 1 N–H and O–H groups in total. The van der Waals surface area contributed by atoms with Crippen LogP contribution in [0.1, 0.15) is 84.9 Å². The number of benzene rings is 2. The summed E-state index contributed by atoms with van der Waals surface area (Å²) in [7, 11) is -3.65. The van der Waals surface area contributed by atoms with Crippen LogP contribution in [-0.2, 0) is 38.7 Å². The maximum Gasteiger partial charge on any atom is 0.534 e. The lowest BCUT2D eigenvalue weighted by Crippen LogP contribution is -2.29. The zero-order chi connectivity index (χ0) is 37.6. The van der Waals surface area contributed by atoms with Crippen LogP contribution >= 0.6 is 0 Å². The molecule has 0 bridgehead atoms. The van der Waals surface area contributed by atoms with Crippen molar-refractivity contribution >= 4 is 33.6 Å². The number of alkyl halides is 3. The fraction of sp³-hybridized carbons (Fsp3) is 0.515. The minimum absolute atomic E-state index is 0.00776. The Morgan fingerprint density at radius 1 is 0.745 bits per heavy atom. The van der Waals surface area contributed by atoms with Gasteiger partial charge in [0.25, 0.3) is 0 Å². The van der Waals surface area contributed by atoms with Crippen LogP contribution in [0.25, 0.3) is 0 Å². The first kappa shape index (κ1) is 41.0. The molecular formula is C33H39F3O14S. The molecule has 282 valence electrons. The van der Waals surface area contributed by atoms with Crippen molar-refractivity contribution in [3.63, 3.8) is 0 Å². The molecule has 0 aliphatic carbocycles. The van der Waals surface area contributed by atoms with E-state index in [1.165, 1.54) is 25.3 Å². The van der Waals surface area contributed by atoms with Gasteiger partial charge in [0.2, 0.25) is 0 Å². The SMILES string of the molecule is COC(=O)CCC(=O)c1ccc(OC2CCCCO2)cc1O.COC(=O)CCC(=O)c1ccc(OC2CCCCO2)cc1OS(=O)(=O)C(F)(F)F. The maximum atomic E-state index is 12.7. The molecule has 51 heavy (non-hydrogen) atoms. The van der Waals surface area contributed by atoms with E-state index >= 15 is 0 Å². The monoisotopic (exact) mass is 748 g/mol. The summed E-state index contributed by atoms with van der Waals surface area (Å²) in [6.07, 6.45) is 3.33. The minimum atomic E-state index is -6.02. The number of ketones is 2. The first-order valence-electron chi connectivity index (χ1n) is 15.9. The number of phenolic OH excluding ortho intramolecular Hbond substituents is 1. The Balaban J connectivity index is 0.000000286. The highest BCUT2D eigenvalue weighted by Gasteiger charge is 2.49. The first-order valence-corrected chi connectivity index (χ1v) is 17.3.